The molecule has 7 heteroatoms. The second-order valence-electron chi connectivity index (χ2n) is 5.52. The van der Waals surface area contributed by atoms with E-state index in [-0.39, 0.29) is 0 Å². The van der Waals surface area contributed by atoms with Gasteiger partial charge in [0.25, 0.3) is 0 Å². The van der Waals surface area contributed by atoms with Crippen LogP contribution in [0.2, 0.25) is 0 Å². The molecule has 1 aromatic heterocycles. The Bertz CT molecular complexity index is 447. The Kier molecular flexibility index (Phi) is 5.58. The monoisotopic (exact) mass is 294 g/mol. The molecule has 21 heavy (non-hydrogen) atoms. The maximum Gasteiger partial charge on any atom is 0.157 e. The van der Waals surface area contributed by atoms with Crippen LogP contribution in [0.15, 0.2) is 6.33 Å². The first-order chi connectivity index (χ1) is 10.1. The van der Waals surface area contributed by atoms with Gasteiger partial charge >= 0.3 is 0 Å². The highest BCUT2D eigenvalue weighted by Crippen LogP contribution is 2.28. The van der Waals surface area contributed by atoms with Crippen molar-refractivity contribution in [3.05, 3.63) is 6.33 Å². The lowest BCUT2D eigenvalue weighted by Gasteiger charge is -2.36. The lowest BCUT2D eigenvalue weighted by atomic mass is 10.0. The standard InChI is InChI=1S/C14H26N6O/c1-19-7-4-11(5-8-19)20(2)14-12(15)13(17-10-18-14)16-6-9-21-3/h10-11H,4-9,15H2,1-3H3,(H,16,17,18). The fraction of sp³-hybridized carbons (Fsp3) is 0.714. The highest BCUT2D eigenvalue weighted by atomic mass is 16.5. The molecule has 0 aliphatic carbocycles. The van der Waals surface area contributed by atoms with Crippen molar-refractivity contribution in [3.63, 3.8) is 0 Å². The van der Waals surface area contributed by atoms with E-state index in [1.165, 1.54) is 0 Å². The Morgan fingerprint density at radius 2 is 2.14 bits per heavy atom. The molecular weight excluding hydrogens is 268 g/mol. The number of methoxy groups -OCH3 is 1. The number of rotatable bonds is 6. The van der Waals surface area contributed by atoms with Crippen molar-refractivity contribution in [1.82, 2.24) is 14.9 Å². The van der Waals surface area contributed by atoms with Gasteiger partial charge in [-0.3, -0.25) is 0 Å². The first-order valence-electron chi connectivity index (χ1n) is 7.38. The molecule has 0 radical (unpaired) electrons. The van der Waals surface area contributed by atoms with Gasteiger partial charge in [-0.15, -0.1) is 0 Å². The third kappa shape index (κ3) is 3.95. The number of piperidine rings is 1. The summed E-state index contributed by atoms with van der Waals surface area (Å²) in [5, 5.41) is 3.18. The van der Waals surface area contributed by atoms with Gasteiger partial charge in [0.2, 0.25) is 0 Å². The first kappa shape index (κ1) is 15.8. The van der Waals surface area contributed by atoms with Gasteiger partial charge in [0.1, 0.15) is 12.0 Å². The molecular formula is C14H26N6O. The molecule has 2 rings (SSSR count). The molecule has 0 amide bonds. The van der Waals surface area contributed by atoms with Crippen molar-refractivity contribution in [2.45, 2.75) is 18.9 Å². The van der Waals surface area contributed by atoms with Gasteiger partial charge < -0.3 is 25.6 Å². The van der Waals surface area contributed by atoms with Crippen LogP contribution in [0.1, 0.15) is 12.8 Å². The molecule has 7 nitrogen and oxygen atoms in total. The highest BCUT2D eigenvalue weighted by Gasteiger charge is 2.23. The minimum atomic E-state index is 0.477. The number of ether oxygens (including phenoxy) is 1. The maximum absolute atomic E-state index is 6.22. The van der Waals surface area contributed by atoms with Gasteiger partial charge in [-0.05, 0) is 33.0 Å². The smallest absolute Gasteiger partial charge is 0.157 e. The Hall–Kier alpha value is -1.60. The third-order valence-corrected chi connectivity index (χ3v) is 4.03. The van der Waals surface area contributed by atoms with Gasteiger partial charge in [-0.1, -0.05) is 0 Å². The predicted molar refractivity (Wildman–Crippen MR) is 85.7 cm³/mol. The summed E-state index contributed by atoms with van der Waals surface area (Å²) >= 11 is 0. The number of hydrogen-bond donors (Lipinski definition) is 2. The van der Waals surface area contributed by atoms with Crippen LogP contribution in [0.4, 0.5) is 17.3 Å². The van der Waals surface area contributed by atoms with Gasteiger partial charge in [-0.25, -0.2) is 9.97 Å². The first-order valence-corrected chi connectivity index (χ1v) is 7.38. The van der Waals surface area contributed by atoms with Crippen LogP contribution < -0.4 is 16.0 Å². The summed E-state index contributed by atoms with van der Waals surface area (Å²) in [4.78, 5) is 13.1. The van der Waals surface area contributed by atoms with E-state index in [0.29, 0.717) is 30.7 Å². The molecule has 2 heterocycles. The van der Waals surface area contributed by atoms with E-state index >= 15 is 0 Å². The second-order valence-corrected chi connectivity index (χ2v) is 5.52. The van der Waals surface area contributed by atoms with E-state index in [4.69, 9.17) is 10.5 Å². The van der Waals surface area contributed by atoms with Crippen molar-refractivity contribution < 1.29 is 4.74 Å². The molecule has 1 aliphatic heterocycles. The zero-order chi connectivity index (χ0) is 15.2. The van der Waals surface area contributed by atoms with Crippen LogP contribution in [-0.4, -0.2) is 68.4 Å². The van der Waals surface area contributed by atoms with Crippen LogP contribution in [0, 0.1) is 0 Å². The summed E-state index contributed by atoms with van der Waals surface area (Å²) in [6.07, 6.45) is 3.82. The lowest BCUT2D eigenvalue weighted by molar-refractivity contribution is 0.210. The van der Waals surface area contributed by atoms with Gasteiger partial charge in [0, 0.05) is 26.7 Å². The highest BCUT2D eigenvalue weighted by molar-refractivity contribution is 5.74. The van der Waals surface area contributed by atoms with Crippen molar-refractivity contribution in [3.8, 4) is 0 Å². The number of nitrogens with two attached hydrogens (primary N) is 1. The molecule has 1 aromatic rings. The summed E-state index contributed by atoms with van der Waals surface area (Å²) in [5.41, 5.74) is 6.83. The van der Waals surface area contributed by atoms with E-state index in [1.807, 2.05) is 0 Å². The van der Waals surface area contributed by atoms with E-state index in [9.17, 15) is 0 Å². The van der Waals surface area contributed by atoms with Crippen molar-refractivity contribution in [2.75, 3.05) is 63.4 Å². The minimum absolute atomic E-state index is 0.477. The average Bonchev–Trinajstić information content (AvgIpc) is 2.49. The maximum atomic E-state index is 6.22. The summed E-state index contributed by atoms with van der Waals surface area (Å²) in [6, 6.07) is 0.477. The zero-order valence-corrected chi connectivity index (χ0v) is 13.2. The Morgan fingerprint density at radius 3 is 2.81 bits per heavy atom. The minimum Gasteiger partial charge on any atom is -0.393 e. The van der Waals surface area contributed by atoms with Crippen molar-refractivity contribution >= 4 is 17.3 Å². The summed E-state index contributed by atoms with van der Waals surface area (Å²) in [5.74, 6) is 1.48. The lowest BCUT2D eigenvalue weighted by Crippen LogP contribution is -2.42. The van der Waals surface area contributed by atoms with Gasteiger partial charge in [-0.2, -0.15) is 0 Å². The molecule has 3 N–H and O–H groups in total. The predicted octanol–water partition coefficient (Wildman–Crippen LogP) is 0.648. The molecule has 0 atom stereocenters. The number of aromatic nitrogens is 2. The van der Waals surface area contributed by atoms with Crippen LogP contribution in [0.5, 0.6) is 0 Å². The molecule has 0 spiro atoms. The largest absolute Gasteiger partial charge is 0.393 e. The third-order valence-electron chi connectivity index (χ3n) is 4.03. The van der Waals surface area contributed by atoms with E-state index in [0.717, 1.165) is 31.7 Å². The van der Waals surface area contributed by atoms with E-state index in [2.05, 4.69) is 39.2 Å². The van der Waals surface area contributed by atoms with E-state index < -0.39 is 0 Å². The molecule has 1 aliphatic rings. The Labute approximate surface area is 126 Å². The van der Waals surface area contributed by atoms with Crippen LogP contribution in [0.3, 0.4) is 0 Å². The number of nitrogens with zero attached hydrogens (tertiary/aromatic N) is 4. The van der Waals surface area contributed by atoms with E-state index in [1.54, 1.807) is 13.4 Å². The fourth-order valence-corrected chi connectivity index (χ4v) is 2.63. The number of anilines is 3. The number of nitrogen functional groups attached to an aromatic ring is 1. The SMILES string of the molecule is COCCNc1ncnc(N(C)C2CCN(C)CC2)c1N. The number of nitrogens with one attached hydrogen (secondary N) is 1. The average molecular weight is 294 g/mol. The van der Waals surface area contributed by atoms with Crippen LogP contribution in [0.25, 0.3) is 0 Å². The second kappa shape index (κ2) is 7.42. The topological polar surface area (TPSA) is 79.5 Å². The Balaban J connectivity index is 2.06. The number of hydrogen-bond acceptors (Lipinski definition) is 7. The zero-order valence-electron chi connectivity index (χ0n) is 13.2. The van der Waals surface area contributed by atoms with Gasteiger partial charge in [0.05, 0.1) is 6.61 Å². The van der Waals surface area contributed by atoms with Crippen molar-refractivity contribution in [1.29, 1.82) is 0 Å². The number of likely N-dealkylation sites (tertiary alicyclic amines) is 1. The summed E-state index contributed by atoms with van der Waals surface area (Å²) < 4.78 is 5.02. The van der Waals surface area contributed by atoms with Crippen LogP contribution >= 0.6 is 0 Å². The Morgan fingerprint density at radius 1 is 1.43 bits per heavy atom. The quantitative estimate of drug-likeness (QED) is 0.746. The molecule has 118 valence electrons. The fourth-order valence-electron chi connectivity index (χ4n) is 2.63. The molecule has 0 aromatic carbocycles. The summed E-state index contributed by atoms with van der Waals surface area (Å²) in [7, 11) is 5.89. The molecule has 1 saturated heterocycles. The normalized spacial score (nSPS) is 16.9. The van der Waals surface area contributed by atoms with Crippen molar-refractivity contribution in [2.24, 2.45) is 0 Å². The van der Waals surface area contributed by atoms with Gasteiger partial charge in [0.15, 0.2) is 11.6 Å². The van der Waals surface area contributed by atoms with Crippen LogP contribution in [-0.2, 0) is 4.74 Å². The summed E-state index contributed by atoms with van der Waals surface area (Å²) in [6.45, 7) is 3.51. The molecule has 1 fully saturated rings. The molecule has 0 saturated carbocycles. The molecule has 0 bridgehead atoms. The molecule has 0 unspecified atom stereocenters.